The molecule has 0 spiro atoms. The largest absolute Gasteiger partial charge is 0.433 e. The van der Waals surface area contributed by atoms with Crippen LogP contribution in [0.4, 0.5) is 24.8 Å². The van der Waals surface area contributed by atoms with Gasteiger partial charge in [-0.3, -0.25) is 14.6 Å². The van der Waals surface area contributed by atoms with Crippen molar-refractivity contribution in [3.63, 3.8) is 0 Å². The van der Waals surface area contributed by atoms with E-state index in [2.05, 4.69) is 30.7 Å². The van der Waals surface area contributed by atoms with E-state index in [4.69, 9.17) is 0 Å². The molecule has 31 heavy (non-hydrogen) atoms. The van der Waals surface area contributed by atoms with Crippen molar-refractivity contribution in [2.75, 3.05) is 10.6 Å². The van der Waals surface area contributed by atoms with Gasteiger partial charge in [0.25, 0.3) is 5.56 Å². The van der Waals surface area contributed by atoms with E-state index in [0.717, 1.165) is 44.0 Å². The Morgan fingerprint density at radius 2 is 2.00 bits per heavy atom. The van der Waals surface area contributed by atoms with E-state index in [-0.39, 0.29) is 23.2 Å². The first-order valence-electron chi connectivity index (χ1n) is 9.80. The molecule has 0 aliphatic heterocycles. The molecule has 1 aliphatic rings. The highest BCUT2D eigenvalue weighted by Crippen LogP contribution is 2.30. The maximum Gasteiger partial charge on any atom is 0.433 e. The van der Waals surface area contributed by atoms with Crippen LogP contribution in [-0.4, -0.2) is 36.7 Å². The number of pyridine rings is 1. The van der Waals surface area contributed by atoms with Gasteiger partial charge in [0.1, 0.15) is 17.1 Å². The average molecular weight is 435 g/mol. The molecule has 3 aromatic rings. The molecule has 1 fully saturated rings. The van der Waals surface area contributed by atoms with Crippen LogP contribution in [0.3, 0.4) is 0 Å². The number of rotatable bonds is 5. The summed E-state index contributed by atoms with van der Waals surface area (Å²) in [7, 11) is 0. The second kappa shape index (κ2) is 8.00. The number of carbonyl (C=O) groups is 1. The predicted molar refractivity (Wildman–Crippen MR) is 107 cm³/mol. The molecular weight excluding hydrogens is 415 g/mol. The van der Waals surface area contributed by atoms with Crippen molar-refractivity contribution < 1.29 is 18.0 Å². The molecule has 1 saturated carbocycles. The molecule has 164 valence electrons. The van der Waals surface area contributed by atoms with Gasteiger partial charge in [0.15, 0.2) is 5.65 Å². The normalized spacial score (nSPS) is 15.9. The van der Waals surface area contributed by atoms with Crippen LogP contribution in [0.25, 0.3) is 11.0 Å². The zero-order valence-corrected chi connectivity index (χ0v) is 16.5. The summed E-state index contributed by atoms with van der Waals surface area (Å²) in [4.78, 5) is 35.1. The topological polar surface area (TPSA) is 118 Å². The highest BCUT2D eigenvalue weighted by atomic mass is 19.4. The lowest BCUT2D eigenvalue weighted by Gasteiger charge is -2.15. The van der Waals surface area contributed by atoms with E-state index in [1.165, 1.54) is 13.1 Å². The molecule has 1 aliphatic carbocycles. The van der Waals surface area contributed by atoms with Crippen LogP contribution >= 0.6 is 0 Å². The van der Waals surface area contributed by atoms with Gasteiger partial charge in [0.05, 0.1) is 24.1 Å². The molecular formula is C19H20F3N7O2. The first kappa shape index (κ1) is 20.8. The lowest BCUT2D eigenvalue weighted by Crippen LogP contribution is -2.33. The van der Waals surface area contributed by atoms with Crippen molar-refractivity contribution in [2.45, 2.75) is 50.9 Å². The average Bonchev–Trinajstić information content (AvgIpc) is 3.37. The monoisotopic (exact) mass is 435 g/mol. The Bertz CT molecular complexity index is 1150. The molecule has 0 aromatic carbocycles. The molecule has 0 unspecified atom stereocenters. The van der Waals surface area contributed by atoms with E-state index in [0.29, 0.717) is 11.0 Å². The third kappa shape index (κ3) is 4.37. The van der Waals surface area contributed by atoms with Crippen molar-refractivity contribution in [3.8, 4) is 0 Å². The zero-order chi connectivity index (χ0) is 22.2. The van der Waals surface area contributed by atoms with Crippen LogP contribution in [0.1, 0.15) is 44.3 Å². The number of nitrogens with zero attached hydrogens (tertiary/aromatic N) is 4. The van der Waals surface area contributed by atoms with Gasteiger partial charge in [-0.1, -0.05) is 12.8 Å². The summed E-state index contributed by atoms with van der Waals surface area (Å²) in [5.74, 6) is -0.431. The Kier molecular flexibility index (Phi) is 5.38. The van der Waals surface area contributed by atoms with E-state index in [9.17, 15) is 22.8 Å². The Labute approximate surface area is 174 Å². The smallest absolute Gasteiger partial charge is 0.344 e. The van der Waals surface area contributed by atoms with Gasteiger partial charge in [-0.15, -0.1) is 0 Å². The predicted octanol–water partition coefficient (Wildman–Crippen LogP) is 3.09. The van der Waals surface area contributed by atoms with E-state index >= 15 is 0 Å². The van der Waals surface area contributed by atoms with Crippen molar-refractivity contribution >= 4 is 28.6 Å². The number of halogens is 3. The molecule has 0 saturated heterocycles. The van der Waals surface area contributed by atoms with Gasteiger partial charge >= 0.3 is 6.18 Å². The second-order valence-electron chi connectivity index (χ2n) is 7.46. The molecule has 3 N–H and O–H groups in total. The third-order valence-corrected chi connectivity index (χ3v) is 5.20. The lowest BCUT2D eigenvalue weighted by atomic mass is 10.2. The zero-order valence-electron chi connectivity index (χ0n) is 16.5. The highest BCUT2D eigenvalue weighted by Gasteiger charge is 2.32. The van der Waals surface area contributed by atoms with Crippen LogP contribution in [0.2, 0.25) is 0 Å². The summed E-state index contributed by atoms with van der Waals surface area (Å²) in [5, 5.41) is 9.97. The minimum atomic E-state index is -4.56. The van der Waals surface area contributed by atoms with Gasteiger partial charge in [0.2, 0.25) is 11.9 Å². The fourth-order valence-corrected chi connectivity index (χ4v) is 3.58. The van der Waals surface area contributed by atoms with Gasteiger partial charge in [-0.2, -0.15) is 23.3 Å². The number of H-pyrrole nitrogens is 1. The quantitative estimate of drug-likeness (QED) is 0.567. The number of fused-ring (bicyclic) bond motifs is 1. The highest BCUT2D eigenvalue weighted by molar-refractivity contribution is 5.96. The number of aromatic nitrogens is 5. The van der Waals surface area contributed by atoms with Gasteiger partial charge in [-0.05, 0) is 31.9 Å². The Hall–Kier alpha value is -3.44. The summed E-state index contributed by atoms with van der Waals surface area (Å²) < 4.78 is 39.5. The van der Waals surface area contributed by atoms with Crippen molar-refractivity contribution in [3.05, 3.63) is 40.6 Å². The summed E-state index contributed by atoms with van der Waals surface area (Å²) >= 11 is 0. The van der Waals surface area contributed by atoms with Crippen LogP contribution in [-0.2, 0) is 11.0 Å². The summed E-state index contributed by atoms with van der Waals surface area (Å²) in [5.41, 5.74) is -0.873. The molecule has 9 nitrogen and oxygen atoms in total. The molecule has 0 bridgehead atoms. The van der Waals surface area contributed by atoms with Gasteiger partial charge in [-0.25, -0.2) is 9.67 Å². The van der Waals surface area contributed by atoms with Crippen LogP contribution < -0.4 is 16.2 Å². The molecule has 12 heteroatoms. The second-order valence-corrected chi connectivity index (χ2v) is 7.46. The summed E-state index contributed by atoms with van der Waals surface area (Å²) in [6.45, 7) is 1.53. The lowest BCUT2D eigenvalue weighted by molar-refractivity contribution is -0.141. The van der Waals surface area contributed by atoms with Crippen LogP contribution in [0, 0.1) is 0 Å². The number of carbonyl (C=O) groups excluding carboxylic acids is 1. The van der Waals surface area contributed by atoms with Crippen LogP contribution in [0.5, 0.6) is 0 Å². The first-order valence-corrected chi connectivity index (χ1v) is 9.80. The Balaban J connectivity index is 1.48. The summed E-state index contributed by atoms with van der Waals surface area (Å²) in [6, 6.07) is 1.25. The molecule has 3 aromatic heterocycles. The van der Waals surface area contributed by atoms with E-state index < -0.39 is 23.8 Å². The maximum absolute atomic E-state index is 12.6. The molecule has 0 radical (unpaired) electrons. The minimum Gasteiger partial charge on any atom is -0.344 e. The molecule has 1 atom stereocenters. The van der Waals surface area contributed by atoms with Crippen molar-refractivity contribution in [1.29, 1.82) is 0 Å². The molecule has 4 rings (SSSR count). The van der Waals surface area contributed by atoms with Gasteiger partial charge < -0.3 is 10.6 Å². The summed E-state index contributed by atoms with van der Waals surface area (Å²) in [6.07, 6.45) is 1.98. The van der Waals surface area contributed by atoms with E-state index in [1.807, 2.05) is 0 Å². The third-order valence-electron chi connectivity index (χ3n) is 5.20. The molecule has 3 heterocycles. The number of alkyl halides is 3. The van der Waals surface area contributed by atoms with E-state index in [1.54, 1.807) is 4.68 Å². The minimum absolute atomic E-state index is 0.102. The first-order chi connectivity index (χ1) is 14.7. The van der Waals surface area contributed by atoms with Crippen molar-refractivity contribution in [2.24, 2.45) is 0 Å². The Morgan fingerprint density at radius 1 is 1.26 bits per heavy atom. The SMILES string of the molecule is C[C@@H](Nc1nc2c(cnn2C2CCCC2)c(=O)[nH]1)C(=O)Nc1ccc(C(F)(F)F)nc1. The number of amides is 1. The number of aromatic amines is 1. The van der Waals surface area contributed by atoms with Crippen LogP contribution in [0.15, 0.2) is 29.3 Å². The maximum atomic E-state index is 12.6. The number of nitrogens with one attached hydrogen (secondary N) is 3. The number of hydrogen-bond acceptors (Lipinski definition) is 6. The Morgan fingerprint density at radius 3 is 2.65 bits per heavy atom. The molecule has 1 amide bonds. The number of anilines is 2. The van der Waals surface area contributed by atoms with Crippen molar-refractivity contribution in [1.82, 2.24) is 24.7 Å². The standard InChI is InChI=1S/C19H20F3N7O2/c1-10(16(30)26-11-6-7-14(23-8-11)19(20,21)22)25-18-27-15-13(17(31)28-18)9-24-29(15)12-4-2-3-5-12/h6-10,12H,2-5H2,1H3,(H,26,30)(H2,25,27,28,31)/t10-/m1/s1. The fraction of sp³-hybridized carbons (Fsp3) is 0.421. The number of hydrogen-bond donors (Lipinski definition) is 3. The fourth-order valence-electron chi connectivity index (χ4n) is 3.58. The van der Waals surface area contributed by atoms with Gasteiger partial charge in [0, 0.05) is 0 Å².